The van der Waals surface area contributed by atoms with E-state index in [-0.39, 0.29) is 0 Å². The van der Waals surface area contributed by atoms with Crippen LogP contribution in [0.5, 0.6) is 0 Å². The third kappa shape index (κ3) is 6.70. The smallest absolute Gasteiger partial charge is 0.328 e. The van der Waals surface area contributed by atoms with Crippen LogP contribution in [0, 0.1) is 0 Å². The van der Waals surface area contributed by atoms with Gasteiger partial charge in [-0.1, -0.05) is 30.3 Å². The van der Waals surface area contributed by atoms with Crippen molar-refractivity contribution in [2.24, 2.45) is 0 Å². The first kappa shape index (κ1) is 15.9. The van der Waals surface area contributed by atoms with Crippen molar-refractivity contribution in [2.45, 2.75) is 26.0 Å². The summed E-state index contributed by atoms with van der Waals surface area (Å²) in [7, 11) is 0. The molecule has 5 nitrogen and oxygen atoms in total. The van der Waals surface area contributed by atoms with Gasteiger partial charge in [0.25, 0.3) is 0 Å². The van der Waals surface area contributed by atoms with Gasteiger partial charge in [-0.3, -0.25) is 4.79 Å². The summed E-state index contributed by atoms with van der Waals surface area (Å²) >= 11 is 0. The van der Waals surface area contributed by atoms with E-state index in [0.29, 0.717) is 13.2 Å². The van der Waals surface area contributed by atoms with Crippen LogP contribution in [-0.4, -0.2) is 29.1 Å². The zero-order valence-electron chi connectivity index (χ0n) is 11.6. The first-order valence-electron chi connectivity index (χ1n) is 6.24. The van der Waals surface area contributed by atoms with Crippen LogP contribution < -0.4 is 5.32 Å². The first-order valence-corrected chi connectivity index (χ1v) is 6.24. The molecule has 0 spiro atoms. The van der Waals surface area contributed by atoms with Crippen LogP contribution in [0.4, 0.5) is 0 Å². The van der Waals surface area contributed by atoms with Gasteiger partial charge in [-0.15, -0.1) is 0 Å². The van der Waals surface area contributed by atoms with Gasteiger partial charge in [0.05, 0.1) is 18.8 Å². The molecule has 0 aliphatic heterocycles. The van der Waals surface area contributed by atoms with Crippen LogP contribution in [0.1, 0.15) is 19.4 Å². The monoisotopic (exact) mass is 277 g/mol. The Morgan fingerprint density at radius 1 is 1.25 bits per heavy atom. The molecule has 1 aromatic rings. The molecule has 0 saturated heterocycles. The number of benzene rings is 1. The summed E-state index contributed by atoms with van der Waals surface area (Å²) < 4.78 is 5.56. The van der Waals surface area contributed by atoms with Gasteiger partial charge in [0.2, 0.25) is 5.91 Å². The standard InChI is InChI=1S/C15H19NO4/c1-15(2,16-13(17)8-9-14(18)19)11-20-10-12-6-4-3-5-7-12/h3-9H,10-11H2,1-2H3,(H,16,17)(H,18,19)/b9-8+. The first-order chi connectivity index (χ1) is 9.39. The number of nitrogens with one attached hydrogen (secondary N) is 1. The fourth-order valence-electron chi connectivity index (χ4n) is 1.56. The Morgan fingerprint density at radius 2 is 1.90 bits per heavy atom. The van der Waals surface area contributed by atoms with Gasteiger partial charge in [-0.05, 0) is 19.4 Å². The topological polar surface area (TPSA) is 75.6 Å². The van der Waals surface area contributed by atoms with Gasteiger partial charge in [-0.25, -0.2) is 4.79 Å². The van der Waals surface area contributed by atoms with Crippen molar-refractivity contribution >= 4 is 11.9 Å². The third-order valence-electron chi connectivity index (χ3n) is 2.41. The van der Waals surface area contributed by atoms with Gasteiger partial charge in [-0.2, -0.15) is 0 Å². The molecule has 0 fully saturated rings. The minimum Gasteiger partial charge on any atom is -0.478 e. The molecule has 0 aromatic heterocycles. The quantitative estimate of drug-likeness (QED) is 0.744. The summed E-state index contributed by atoms with van der Waals surface area (Å²) in [6, 6.07) is 9.72. The third-order valence-corrected chi connectivity index (χ3v) is 2.41. The summed E-state index contributed by atoms with van der Waals surface area (Å²) in [6.45, 7) is 4.41. The Hall–Kier alpha value is -2.14. The van der Waals surface area contributed by atoms with E-state index in [1.54, 1.807) is 0 Å². The fraction of sp³-hybridized carbons (Fsp3) is 0.333. The second-order valence-electron chi connectivity index (χ2n) is 5.02. The highest BCUT2D eigenvalue weighted by molar-refractivity contribution is 5.94. The molecule has 0 radical (unpaired) electrons. The minimum absolute atomic E-state index is 0.328. The highest BCUT2D eigenvalue weighted by Crippen LogP contribution is 2.06. The van der Waals surface area contributed by atoms with Gasteiger partial charge < -0.3 is 15.2 Å². The molecule has 5 heteroatoms. The molecule has 0 aliphatic carbocycles. The SMILES string of the molecule is CC(C)(COCc1ccccc1)NC(=O)/C=C/C(=O)O. The van der Waals surface area contributed by atoms with Crippen LogP contribution in [0.3, 0.4) is 0 Å². The molecule has 0 atom stereocenters. The second kappa shape index (κ2) is 7.45. The Kier molecular flexibility index (Phi) is 5.93. The lowest BCUT2D eigenvalue weighted by Gasteiger charge is -2.25. The minimum atomic E-state index is -1.15. The van der Waals surface area contributed by atoms with Crippen molar-refractivity contribution in [1.29, 1.82) is 0 Å². The maximum absolute atomic E-state index is 11.5. The van der Waals surface area contributed by atoms with Crippen molar-refractivity contribution in [3.8, 4) is 0 Å². The van der Waals surface area contributed by atoms with E-state index in [4.69, 9.17) is 9.84 Å². The van der Waals surface area contributed by atoms with Crippen LogP contribution >= 0.6 is 0 Å². The summed E-state index contributed by atoms with van der Waals surface area (Å²) in [5.74, 6) is -1.61. The van der Waals surface area contributed by atoms with E-state index in [2.05, 4.69) is 5.32 Å². The molecule has 1 aromatic carbocycles. The zero-order valence-corrected chi connectivity index (χ0v) is 11.6. The fourth-order valence-corrected chi connectivity index (χ4v) is 1.56. The van der Waals surface area contributed by atoms with Crippen LogP contribution in [-0.2, 0) is 20.9 Å². The molecule has 0 saturated carbocycles. The van der Waals surface area contributed by atoms with Crippen molar-refractivity contribution in [3.05, 3.63) is 48.0 Å². The maximum Gasteiger partial charge on any atom is 0.328 e. The van der Waals surface area contributed by atoms with Gasteiger partial charge >= 0.3 is 5.97 Å². The number of carbonyl (C=O) groups is 2. The largest absolute Gasteiger partial charge is 0.478 e. The number of amides is 1. The predicted octanol–water partition coefficient (Wildman–Crippen LogP) is 1.74. The van der Waals surface area contributed by atoms with Gasteiger partial charge in [0.1, 0.15) is 0 Å². The van der Waals surface area contributed by atoms with Gasteiger partial charge in [0, 0.05) is 12.2 Å². The van der Waals surface area contributed by atoms with E-state index in [9.17, 15) is 9.59 Å². The molecule has 0 bridgehead atoms. The van der Waals surface area contributed by atoms with Crippen molar-refractivity contribution in [2.75, 3.05) is 6.61 Å². The lowest BCUT2D eigenvalue weighted by Crippen LogP contribution is -2.46. The molecule has 1 amide bonds. The molecule has 0 unspecified atom stereocenters. The van der Waals surface area contributed by atoms with Crippen LogP contribution in [0.15, 0.2) is 42.5 Å². The molecule has 0 aliphatic rings. The Labute approximate surface area is 118 Å². The molecule has 2 N–H and O–H groups in total. The van der Waals surface area contributed by atoms with E-state index in [1.165, 1.54) is 0 Å². The number of carboxylic acids is 1. The highest BCUT2D eigenvalue weighted by atomic mass is 16.5. The molecule has 1 rings (SSSR count). The molecular formula is C15H19NO4. The van der Waals surface area contributed by atoms with E-state index in [1.807, 2.05) is 44.2 Å². The maximum atomic E-state index is 11.5. The summed E-state index contributed by atoms with van der Waals surface area (Å²) in [6.07, 6.45) is 1.79. The van der Waals surface area contributed by atoms with Crippen LogP contribution in [0.2, 0.25) is 0 Å². The number of rotatable bonds is 7. The number of hydrogen-bond donors (Lipinski definition) is 2. The molecule has 0 heterocycles. The summed E-state index contributed by atoms with van der Waals surface area (Å²) in [5, 5.41) is 11.1. The average molecular weight is 277 g/mol. The van der Waals surface area contributed by atoms with Crippen molar-refractivity contribution < 1.29 is 19.4 Å². The average Bonchev–Trinajstić information content (AvgIpc) is 2.37. The Morgan fingerprint density at radius 3 is 2.50 bits per heavy atom. The Bertz CT molecular complexity index is 480. The molecular weight excluding hydrogens is 258 g/mol. The Balaban J connectivity index is 2.37. The zero-order chi connectivity index (χ0) is 15.0. The van der Waals surface area contributed by atoms with Gasteiger partial charge in [0.15, 0.2) is 0 Å². The normalized spacial score (nSPS) is 11.5. The number of aliphatic carboxylic acids is 1. The molecule has 20 heavy (non-hydrogen) atoms. The number of carboxylic acid groups (broad SMARTS) is 1. The van der Waals surface area contributed by atoms with E-state index in [0.717, 1.165) is 17.7 Å². The lowest BCUT2D eigenvalue weighted by atomic mass is 10.1. The number of ether oxygens (including phenoxy) is 1. The van der Waals surface area contributed by atoms with Crippen molar-refractivity contribution in [1.82, 2.24) is 5.32 Å². The summed E-state index contributed by atoms with van der Waals surface area (Å²) in [4.78, 5) is 21.8. The lowest BCUT2D eigenvalue weighted by molar-refractivity contribution is -0.131. The summed E-state index contributed by atoms with van der Waals surface area (Å²) in [5.41, 5.74) is 0.481. The highest BCUT2D eigenvalue weighted by Gasteiger charge is 2.19. The van der Waals surface area contributed by atoms with E-state index < -0.39 is 17.4 Å². The second-order valence-corrected chi connectivity index (χ2v) is 5.02. The number of carbonyl (C=O) groups excluding carboxylic acids is 1. The number of hydrogen-bond acceptors (Lipinski definition) is 3. The molecule has 108 valence electrons. The van der Waals surface area contributed by atoms with Crippen molar-refractivity contribution in [3.63, 3.8) is 0 Å². The van der Waals surface area contributed by atoms with E-state index >= 15 is 0 Å². The van der Waals surface area contributed by atoms with Crippen LogP contribution in [0.25, 0.3) is 0 Å². The predicted molar refractivity (Wildman–Crippen MR) is 75.1 cm³/mol.